The molecule has 1 rings (SSSR count). The van der Waals surface area contributed by atoms with E-state index in [4.69, 9.17) is 0 Å². The van der Waals surface area contributed by atoms with Gasteiger partial charge in [-0.3, -0.25) is 9.10 Å². The minimum Gasteiger partial charge on any atom is -0.351 e. The van der Waals surface area contributed by atoms with Crippen molar-refractivity contribution in [3.8, 4) is 0 Å². The highest BCUT2D eigenvalue weighted by Gasteiger charge is 2.33. The van der Waals surface area contributed by atoms with Gasteiger partial charge in [-0.25, -0.2) is 8.42 Å². The van der Waals surface area contributed by atoms with E-state index in [2.05, 4.69) is 33.0 Å². The minimum atomic E-state index is -3.61. The third kappa shape index (κ3) is 5.47. The maximum Gasteiger partial charge on any atom is 0.244 e. The molecule has 1 atom stereocenters. The van der Waals surface area contributed by atoms with Crippen LogP contribution in [0.3, 0.4) is 0 Å². The third-order valence-electron chi connectivity index (χ3n) is 4.82. The normalized spacial score (nSPS) is 13.3. The number of nitrogens with zero attached hydrogens (tertiary/aromatic N) is 1. The molecule has 1 amide bonds. The molecule has 0 spiro atoms. The van der Waals surface area contributed by atoms with Crippen molar-refractivity contribution in [3.63, 3.8) is 0 Å². The molecular weight excluding hydrogens is 348 g/mol. The van der Waals surface area contributed by atoms with Crippen LogP contribution >= 0.6 is 0 Å². The summed E-state index contributed by atoms with van der Waals surface area (Å²) >= 11 is 0. The van der Waals surface area contributed by atoms with Crippen molar-refractivity contribution in [1.29, 1.82) is 0 Å². The van der Waals surface area contributed by atoms with E-state index in [1.165, 1.54) is 4.31 Å². The van der Waals surface area contributed by atoms with Gasteiger partial charge in [-0.2, -0.15) is 0 Å². The fourth-order valence-corrected chi connectivity index (χ4v) is 4.49. The average molecular weight is 383 g/mol. The molecule has 6 heteroatoms. The molecular formula is C20H34N2O3S. The number of amides is 1. The largest absolute Gasteiger partial charge is 0.351 e. The summed E-state index contributed by atoms with van der Waals surface area (Å²) in [6.45, 7) is 14.0. The molecule has 1 N–H and O–H groups in total. The predicted octanol–water partition coefficient (Wildman–Crippen LogP) is 3.64. The van der Waals surface area contributed by atoms with Crippen LogP contribution in [-0.2, 0) is 14.8 Å². The lowest BCUT2D eigenvalue weighted by atomic mass is 9.93. The van der Waals surface area contributed by atoms with Gasteiger partial charge in [-0.1, -0.05) is 40.7 Å². The van der Waals surface area contributed by atoms with E-state index in [0.717, 1.165) is 17.4 Å². The van der Waals surface area contributed by atoms with E-state index < -0.39 is 16.1 Å². The van der Waals surface area contributed by atoms with Gasteiger partial charge in [0.05, 0.1) is 11.9 Å². The molecule has 5 nitrogen and oxygen atoms in total. The number of sulfonamides is 1. The van der Waals surface area contributed by atoms with E-state index >= 15 is 0 Å². The first-order chi connectivity index (χ1) is 11.9. The van der Waals surface area contributed by atoms with Crippen molar-refractivity contribution in [1.82, 2.24) is 5.32 Å². The number of anilines is 1. The standard InChI is InChI=1S/C20H34N2O3S/c1-9-18(20(23)21-19(13(2)3)14(4)5)22(26(8,24)25)17-11-10-15(6)16(7)12-17/h10-14,18-19H,9H2,1-8H3,(H,21,23). The highest BCUT2D eigenvalue weighted by molar-refractivity contribution is 7.92. The third-order valence-corrected chi connectivity index (χ3v) is 6.00. The maximum absolute atomic E-state index is 13.0. The molecule has 0 aliphatic rings. The smallest absolute Gasteiger partial charge is 0.244 e. The van der Waals surface area contributed by atoms with E-state index in [9.17, 15) is 13.2 Å². The highest BCUT2D eigenvalue weighted by Crippen LogP contribution is 2.25. The Morgan fingerprint density at radius 2 is 1.62 bits per heavy atom. The number of carbonyl (C=O) groups is 1. The van der Waals surface area contributed by atoms with Crippen molar-refractivity contribution in [3.05, 3.63) is 29.3 Å². The molecule has 0 radical (unpaired) electrons. The lowest BCUT2D eigenvalue weighted by Gasteiger charge is -2.33. The first-order valence-electron chi connectivity index (χ1n) is 9.27. The maximum atomic E-state index is 13.0. The summed E-state index contributed by atoms with van der Waals surface area (Å²) < 4.78 is 26.3. The Morgan fingerprint density at radius 1 is 1.08 bits per heavy atom. The predicted molar refractivity (Wildman–Crippen MR) is 109 cm³/mol. The molecule has 1 aromatic rings. The first-order valence-corrected chi connectivity index (χ1v) is 11.1. The Balaban J connectivity index is 3.30. The van der Waals surface area contributed by atoms with Crippen LogP contribution in [-0.4, -0.2) is 32.7 Å². The summed E-state index contributed by atoms with van der Waals surface area (Å²) in [5.74, 6) is 0.290. The Hall–Kier alpha value is -1.56. The summed E-state index contributed by atoms with van der Waals surface area (Å²) in [5, 5.41) is 3.07. The molecule has 0 fully saturated rings. The van der Waals surface area contributed by atoms with Gasteiger partial charge in [0.25, 0.3) is 0 Å². The van der Waals surface area contributed by atoms with Crippen LogP contribution in [0.15, 0.2) is 18.2 Å². The molecule has 26 heavy (non-hydrogen) atoms. The van der Waals surface area contributed by atoms with Crippen LogP contribution in [0.5, 0.6) is 0 Å². The molecule has 0 aliphatic carbocycles. The van der Waals surface area contributed by atoms with Gasteiger partial charge in [0.15, 0.2) is 0 Å². The summed E-state index contributed by atoms with van der Waals surface area (Å²) in [4.78, 5) is 13.0. The number of benzene rings is 1. The Kier molecular flexibility index (Phi) is 7.69. The molecule has 0 saturated carbocycles. The van der Waals surface area contributed by atoms with Crippen LogP contribution in [0.4, 0.5) is 5.69 Å². The van der Waals surface area contributed by atoms with Gasteiger partial charge in [0, 0.05) is 6.04 Å². The lowest BCUT2D eigenvalue weighted by molar-refractivity contribution is -0.123. The molecule has 0 heterocycles. The lowest BCUT2D eigenvalue weighted by Crippen LogP contribution is -2.53. The van der Waals surface area contributed by atoms with Gasteiger partial charge in [-0.05, 0) is 55.4 Å². The topological polar surface area (TPSA) is 66.5 Å². The average Bonchev–Trinajstić information content (AvgIpc) is 2.50. The second kappa shape index (κ2) is 8.89. The number of carbonyl (C=O) groups excluding carboxylic acids is 1. The second-order valence-electron chi connectivity index (χ2n) is 7.77. The summed E-state index contributed by atoms with van der Waals surface area (Å²) in [6.07, 6.45) is 1.55. The van der Waals surface area contributed by atoms with E-state index in [1.807, 2.05) is 32.9 Å². The molecule has 0 bridgehead atoms. The van der Waals surface area contributed by atoms with Crippen molar-refractivity contribution in [2.75, 3.05) is 10.6 Å². The zero-order valence-electron chi connectivity index (χ0n) is 17.3. The van der Waals surface area contributed by atoms with Crippen molar-refractivity contribution >= 4 is 21.6 Å². The number of rotatable bonds is 8. The number of hydrogen-bond acceptors (Lipinski definition) is 3. The van der Waals surface area contributed by atoms with Crippen LogP contribution in [0.2, 0.25) is 0 Å². The van der Waals surface area contributed by atoms with E-state index in [0.29, 0.717) is 12.1 Å². The summed E-state index contributed by atoms with van der Waals surface area (Å²) in [5.41, 5.74) is 2.61. The van der Waals surface area contributed by atoms with Gasteiger partial charge >= 0.3 is 0 Å². The van der Waals surface area contributed by atoms with Gasteiger partial charge < -0.3 is 5.32 Å². The molecule has 148 valence electrons. The zero-order valence-corrected chi connectivity index (χ0v) is 18.1. The monoisotopic (exact) mass is 382 g/mol. The zero-order chi connectivity index (χ0) is 20.2. The Labute approximate surface area is 159 Å². The Bertz CT molecular complexity index is 719. The fraction of sp³-hybridized carbons (Fsp3) is 0.650. The molecule has 0 aromatic heterocycles. The SMILES string of the molecule is CCC(C(=O)NC(C(C)C)C(C)C)N(c1ccc(C)c(C)c1)S(C)(=O)=O. The van der Waals surface area contributed by atoms with E-state index in [1.54, 1.807) is 6.07 Å². The summed E-state index contributed by atoms with van der Waals surface area (Å²) in [6, 6.07) is 4.71. The molecule has 1 unspecified atom stereocenters. The number of aryl methyl sites for hydroxylation is 2. The van der Waals surface area contributed by atoms with Gasteiger partial charge in [0.2, 0.25) is 15.9 Å². The first kappa shape index (κ1) is 22.5. The number of nitrogens with one attached hydrogen (secondary N) is 1. The second-order valence-corrected chi connectivity index (χ2v) is 9.63. The molecule has 0 aliphatic heterocycles. The highest BCUT2D eigenvalue weighted by atomic mass is 32.2. The van der Waals surface area contributed by atoms with Crippen molar-refractivity contribution in [2.45, 2.75) is 67.0 Å². The fourth-order valence-electron chi connectivity index (χ4n) is 3.29. The molecule has 0 saturated heterocycles. The summed E-state index contributed by atoms with van der Waals surface area (Å²) in [7, 11) is -3.61. The van der Waals surface area contributed by atoms with E-state index in [-0.39, 0.29) is 23.8 Å². The van der Waals surface area contributed by atoms with Gasteiger partial charge in [0.1, 0.15) is 6.04 Å². The van der Waals surface area contributed by atoms with Crippen LogP contribution in [0.1, 0.15) is 52.2 Å². The molecule has 1 aromatic carbocycles. The van der Waals surface area contributed by atoms with Crippen LogP contribution in [0, 0.1) is 25.7 Å². The minimum absolute atomic E-state index is 0.00212. The van der Waals surface area contributed by atoms with Crippen molar-refractivity contribution < 1.29 is 13.2 Å². The quantitative estimate of drug-likeness (QED) is 0.746. The van der Waals surface area contributed by atoms with Crippen LogP contribution in [0.25, 0.3) is 0 Å². The van der Waals surface area contributed by atoms with Crippen molar-refractivity contribution in [2.24, 2.45) is 11.8 Å². The number of hydrogen-bond donors (Lipinski definition) is 1. The van der Waals surface area contributed by atoms with Crippen LogP contribution < -0.4 is 9.62 Å². The van der Waals surface area contributed by atoms with Gasteiger partial charge in [-0.15, -0.1) is 0 Å². The Morgan fingerprint density at radius 3 is 2.00 bits per heavy atom.